The summed E-state index contributed by atoms with van der Waals surface area (Å²) < 4.78 is 6.11. The van der Waals surface area contributed by atoms with Gasteiger partial charge in [-0.15, -0.1) is 0 Å². The normalized spacial score (nSPS) is 32.0. The Morgan fingerprint density at radius 2 is 1.86 bits per heavy atom. The molecule has 3 nitrogen and oxygen atoms in total. The van der Waals surface area contributed by atoms with Crippen molar-refractivity contribution in [1.29, 1.82) is 0 Å². The zero-order valence-corrected chi connectivity index (χ0v) is 13.9. The van der Waals surface area contributed by atoms with Crippen molar-refractivity contribution in [3.8, 4) is 0 Å². The second-order valence-corrected chi connectivity index (χ2v) is 8.62. The Labute approximate surface area is 132 Å². The Balaban J connectivity index is 1.59. The summed E-state index contributed by atoms with van der Waals surface area (Å²) in [5.41, 5.74) is 6.29. The van der Waals surface area contributed by atoms with Crippen LogP contribution in [-0.2, 0) is 9.53 Å². The van der Waals surface area contributed by atoms with Crippen LogP contribution in [-0.4, -0.2) is 35.0 Å². The van der Waals surface area contributed by atoms with Crippen LogP contribution in [0.4, 0.5) is 0 Å². The minimum atomic E-state index is -0.205. The molecule has 2 saturated heterocycles. The molecule has 0 aromatic heterocycles. The smallest absolute Gasteiger partial charge is 0.138 e. The van der Waals surface area contributed by atoms with E-state index in [2.05, 4.69) is 0 Å². The lowest BCUT2D eigenvalue weighted by Gasteiger charge is -2.43. The molecular weight excluding hydrogens is 282 g/mol. The van der Waals surface area contributed by atoms with E-state index >= 15 is 0 Å². The first kappa shape index (κ1) is 15.8. The maximum absolute atomic E-state index is 12.8. The molecule has 1 atom stereocenters. The fourth-order valence-corrected chi connectivity index (χ4v) is 5.56. The van der Waals surface area contributed by atoms with E-state index in [9.17, 15) is 4.79 Å². The topological polar surface area (TPSA) is 52.3 Å². The van der Waals surface area contributed by atoms with Gasteiger partial charge in [-0.3, -0.25) is 4.79 Å². The first-order valence-corrected chi connectivity index (χ1v) is 9.80. The molecule has 0 amide bonds. The zero-order valence-electron chi connectivity index (χ0n) is 13.1. The van der Waals surface area contributed by atoms with Crippen molar-refractivity contribution in [2.45, 2.75) is 75.3 Å². The van der Waals surface area contributed by atoms with Gasteiger partial charge in [-0.05, 0) is 50.0 Å². The molecule has 4 heteroatoms. The highest BCUT2D eigenvalue weighted by atomic mass is 32.2. The van der Waals surface area contributed by atoms with Crippen LogP contribution in [0.2, 0.25) is 0 Å². The third-order valence-electron chi connectivity index (χ3n) is 5.73. The van der Waals surface area contributed by atoms with Crippen LogP contribution in [0, 0.1) is 5.92 Å². The molecule has 1 saturated carbocycles. The number of thioether (sulfide) groups is 1. The van der Waals surface area contributed by atoms with Gasteiger partial charge in [0.15, 0.2) is 0 Å². The van der Waals surface area contributed by atoms with Gasteiger partial charge in [0.1, 0.15) is 5.78 Å². The number of carbonyl (C=O) groups is 1. The largest absolute Gasteiger partial charge is 0.375 e. The van der Waals surface area contributed by atoms with E-state index in [0.29, 0.717) is 12.2 Å². The summed E-state index contributed by atoms with van der Waals surface area (Å²) in [5.74, 6) is 2.98. The van der Waals surface area contributed by atoms with Crippen LogP contribution in [0.3, 0.4) is 0 Å². The Morgan fingerprint density at radius 1 is 1.14 bits per heavy atom. The van der Waals surface area contributed by atoms with Crippen LogP contribution < -0.4 is 5.73 Å². The quantitative estimate of drug-likeness (QED) is 0.869. The highest BCUT2D eigenvalue weighted by Crippen LogP contribution is 2.41. The fraction of sp³-hybridized carbons (Fsp3) is 0.941. The van der Waals surface area contributed by atoms with Gasteiger partial charge in [0.2, 0.25) is 0 Å². The van der Waals surface area contributed by atoms with Crippen LogP contribution in [0.25, 0.3) is 0 Å². The van der Waals surface area contributed by atoms with Gasteiger partial charge in [-0.2, -0.15) is 11.8 Å². The van der Waals surface area contributed by atoms with E-state index in [1.54, 1.807) is 0 Å². The summed E-state index contributed by atoms with van der Waals surface area (Å²) in [7, 11) is 0. The number of carbonyl (C=O) groups excluding carboxylic acids is 1. The van der Waals surface area contributed by atoms with Crippen molar-refractivity contribution in [3.05, 3.63) is 0 Å². The van der Waals surface area contributed by atoms with Gasteiger partial charge in [0.25, 0.3) is 0 Å². The van der Waals surface area contributed by atoms with Gasteiger partial charge < -0.3 is 10.5 Å². The fourth-order valence-electron chi connectivity index (χ4n) is 4.32. The van der Waals surface area contributed by atoms with Crippen LogP contribution in [0.5, 0.6) is 0 Å². The lowest BCUT2D eigenvalue weighted by molar-refractivity contribution is -0.139. The molecule has 2 heterocycles. The van der Waals surface area contributed by atoms with Gasteiger partial charge >= 0.3 is 0 Å². The number of ether oxygens (including phenoxy) is 1. The number of rotatable bonds is 3. The average Bonchev–Trinajstić information content (AvgIpc) is 2.48. The van der Waals surface area contributed by atoms with E-state index in [4.69, 9.17) is 10.5 Å². The second kappa shape index (κ2) is 6.59. The van der Waals surface area contributed by atoms with Gasteiger partial charge in [-0.1, -0.05) is 19.3 Å². The predicted octanol–water partition coefficient (Wildman–Crippen LogP) is 3.30. The average molecular weight is 311 g/mol. The minimum Gasteiger partial charge on any atom is -0.375 e. The number of nitrogens with two attached hydrogens (primary N) is 1. The SMILES string of the molecule is NC1(CC(=O)C2CCOC3(CCSCC3)C2)CCCCC1. The van der Waals surface area contributed by atoms with Gasteiger partial charge in [0.05, 0.1) is 5.60 Å². The summed E-state index contributed by atoms with van der Waals surface area (Å²) in [6.45, 7) is 0.763. The minimum absolute atomic E-state index is 0.0121. The lowest BCUT2D eigenvalue weighted by Crippen LogP contribution is -2.48. The highest BCUT2D eigenvalue weighted by molar-refractivity contribution is 7.99. The molecule has 0 aromatic carbocycles. The molecule has 3 fully saturated rings. The van der Waals surface area contributed by atoms with Gasteiger partial charge in [-0.25, -0.2) is 0 Å². The number of hydrogen-bond donors (Lipinski definition) is 1. The Kier molecular flexibility index (Phi) is 4.97. The first-order chi connectivity index (χ1) is 10.1. The summed E-state index contributed by atoms with van der Waals surface area (Å²) in [5, 5.41) is 0. The van der Waals surface area contributed by atoms with E-state index in [1.807, 2.05) is 11.8 Å². The predicted molar refractivity (Wildman–Crippen MR) is 87.6 cm³/mol. The van der Waals surface area contributed by atoms with Crippen molar-refractivity contribution in [1.82, 2.24) is 0 Å². The highest BCUT2D eigenvalue weighted by Gasteiger charge is 2.42. The Hall–Kier alpha value is -0.0600. The molecule has 120 valence electrons. The van der Waals surface area contributed by atoms with E-state index in [1.165, 1.54) is 30.8 Å². The summed E-state index contributed by atoms with van der Waals surface area (Å²) in [4.78, 5) is 12.8. The molecule has 2 aliphatic heterocycles. The van der Waals surface area contributed by atoms with Crippen LogP contribution in [0.15, 0.2) is 0 Å². The van der Waals surface area contributed by atoms with Crippen molar-refractivity contribution >= 4 is 17.5 Å². The van der Waals surface area contributed by atoms with Crippen molar-refractivity contribution in [2.75, 3.05) is 18.1 Å². The molecule has 1 aliphatic carbocycles. The number of Topliss-reactive ketones (excluding diaryl/α,β-unsaturated/α-hetero) is 1. The Morgan fingerprint density at radius 3 is 2.57 bits per heavy atom. The van der Waals surface area contributed by atoms with Crippen molar-refractivity contribution in [2.24, 2.45) is 11.7 Å². The maximum atomic E-state index is 12.8. The van der Waals surface area contributed by atoms with Crippen molar-refractivity contribution in [3.63, 3.8) is 0 Å². The molecular formula is C17H29NO2S. The monoisotopic (exact) mass is 311 g/mol. The third-order valence-corrected chi connectivity index (χ3v) is 6.71. The van der Waals surface area contributed by atoms with Crippen LogP contribution in [0.1, 0.15) is 64.2 Å². The van der Waals surface area contributed by atoms with Crippen LogP contribution >= 0.6 is 11.8 Å². The molecule has 1 spiro atoms. The summed E-state index contributed by atoms with van der Waals surface area (Å²) >= 11 is 2.02. The molecule has 21 heavy (non-hydrogen) atoms. The van der Waals surface area contributed by atoms with Gasteiger partial charge in [0, 0.05) is 24.5 Å². The molecule has 0 aromatic rings. The molecule has 0 radical (unpaired) electrons. The van der Waals surface area contributed by atoms with E-state index in [-0.39, 0.29) is 17.1 Å². The van der Waals surface area contributed by atoms with E-state index in [0.717, 1.165) is 45.1 Å². The molecule has 3 aliphatic rings. The standard InChI is InChI=1S/C17H29NO2S/c18-16(5-2-1-3-6-16)13-15(19)14-4-9-20-17(12-14)7-10-21-11-8-17/h14H,1-13,18H2. The summed E-state index contributed by atoms with van der Waals surface area (Å²) in [6.07, 6.45) is 10.4. The number of ketones is 1. The summed E-state index contributed by atoms with van der Waals surface area (Å²) in [6, 6.07) is 0. The zero-order chi connectivity index (χ0) is 14.8. The third kappa shape index (κ3) is 3.83. The molecule has 1 unspecified atom stereocenters. The molecule has 0 bridgehead atoms. The first-order valence-electron chi connectivity index (χ1n) is 8.64. The Bertz CT molecular complexity index is 367. The number of hydrogen-bond acceptors (Lipinski definition) is 4. The molecule has 2 N–H and O–H groups in total. The van der Waals surface area contributed by atoms with Crippen molar-refractivity contribution < 1.29 is 9.53 Å². The lowest BCUT2D eigenvalue weighted by atomic mass is 9.74. The molecule has 3 rings (SSSR count). The maximum Gasteiger partial charge on any atom is 0.138 e. The van der Waals surface area contributed by atoms with E-state index < -0.39 is 0 Å². The second-order valence-electron chi connectivity index (χ2n) is 7.40.